The Morgan fingerprint density at radius 1 is 0.500 bits per heavy atom. The summed E-state index contributed by atoms with van der Waals surface area (Å²) in [6.45, 7) is 0. The van der Waals surface area contributed by atoms with Crippen LogP contribution >= 0.6 is 0 Å². The second kappa shape index (κ2) is 8.55. The fourth-order valence-electron chi connectivity index (χ4n) is 1.31. The zero-order chi connectivity index (χ0) is 9.90. The summed E-state index contributed by atoms with van der Waals surface area (Å²) in [5.74, 6) is 0. The normalized spacial score (nSPS) is 28.6. The minimum atomic E-state index is 1.12. The lowest BCUT2D eigenvalue weighted by Crippen LogP contribution is -1.74. The van der Waals surface area contributed by atoms with E-state index in [-0.39, 0.29) is 0 Å². The molecule has 1 aliphatic rings. The summed E-state index contributed by atoms with van der Waals surface area (Å²) in [4.78, 5) is 0. The molecule has 0 saturated carbocycles. The predicted octanol–water partition coefficient (Wildman–Crippen LogP) is 4.38. The molecule has 0 N–H and O–H groups in total. The second-order valence-corrected chi connectivity index (χ2v) is 3.39. The molecule has 0 amide bonds. The maximum Gasteiger partial charge on any atom is -0.0313 e. The zero-order valence-electron chi connectivity index (χ0n) is 8.73. The molecule has 0 aromatic carbocycles. The molecular weight excluding hydrogens is 168 g/mol. The zero-order valence-corrected chi connectivity index (χ0v) is 8.73. The van der Waals surface area contributed by atoms with Crippen LogP contribution in [0.2, 0.25) is 0 Å². The van der Waals surface area contributed by atoms with Crippen LogP contribution in [0.3, 0.4) is 0 Å². The van der Waals surface area contributed by atoms with Crippen LogP contribution in [-0.4, -0.2) is 0 Å². The first-order valence-electron chi connectivity index (χ1n) is 5.45. The molecule has 1 radical (unpaired) electrons. The Morgan fingerprint density at radius 2 is 1.14 bits per heavy atom. The largest absolute Gasteiger partial charge is 0.0882 e. The lowest BCUT2D eigenvalue weighted by atomic mass is 10.1. The summed E-state index contributed by atoms with van der Waals surface area (Å²) in [6.07, 6.45) is 25.5. The fourth-order valence-corrected chi connectivity index (χ4v) is 1.31. The SMILES string of the molecule is [CH]1C/C=C\CC\C=C/C=C/C=C/CC1. The molecule has 0 saturated heterocycles. The van der Waals surface area contributed by atoms with Gasteiger partial charge in [-0.15, -0.1) is 0 Å². The van der Waals surface area contributed by atoms with Gasteiger partial charge in [0.05, 0.1) is 0 Å². The van der Waals surface area contributed by atoms with Gasteiger partial charge in [0.1, 0.15) is 0 Å². The summed E-state index contributed by atoms with van der Waals surface area (Å²) < 4.78 is 0. The molecule has 75 valence electrons. The summed E-state index contributed by atoms with van der Waals surface area (Å²) in [7, 11) is 0. The minimum Gasteiger partial charge on any atom is -0.0882 e. The number of rotatable bonds is 0. The lowest BCUT2D eigenvalue weighted by molar-refractivity contribution is 0.928. The van der Waals surface area contributed by atoms with Crippen molar-refractivity contribution >= 4 is 0 Å². The van der Waals surface area contributed by atoms with Crippen molar-refractivity contribution in [3.63, 3.8) is 0 Å². The molecule has 0 unspecified atom stereocenters. The summed E-state index contributed by atoms with van der Waals surface area (Å²) in [6, 6.07) is 0. The van der Waals surface area contributed by atoms with Gasteiger partial charge >= 0.3 is 0 Å². The van der Waals surface area contributed by atoms with Crippen LogP contribution in [0, 0.1) is 6.42 Å². The van der Waals surface area contributed by atoms with Crippen LogP contribution in [0.15, 0.2) is 48.6 Å². The van der Waals surface area contributed by atoms with Crippen molar-refractivity contribution in [2.75, 3.05) is 0 Å². The topological polar surface area (TPSA) is 0 Å². The van der Waals surface area contributed by atoms with Crippen LogP contribution < -0.4 is 0 Å². The summed E-state index contributed by atoms with van der Waals surface area (Å²) in [5, 5.41) is 0. The summed E-state index contributed by atoms with van der Waals surface area (Å²) in [5.41, 5.74) is 0. The van der Waals surface area contributed by atoms with Gasteiger partial charge < -0.3 is 0 Å². The predicted molar refractivity (Wildman–Crippen MR) is 63.9 cm³/mol. The highest BCUT2D eigenvalue weighted by molar-refractivity contribution is 5.11. The molecule has 0 atom stereocenters. The minimum absolute atomic E-state index is 1.12. The van der Waals surface area contributed by atoms with Gasteiger partial charge in [-0.1, -0.05) is 48.6 Å². The number of hydrogen-bond acceptors (Lipinski definition) is 0. The van der Waals surface area contributed by atoms with Crippen molar-refractivity contribution < 1.29 is 0 Å². The Labute approximate surface area is 87.7 Å². The van der Waals surface area contributed by atoms with E-state index >= 15 is 0 Å². The van der Waals surface area contributed by atoms with Crippen LogP contribution in [0.4, 0.5) is 0 Å². The van der Waals surface area contributed by atoms with Crippen LogP contribution in [0.1, 0.15) is 32.1 Å². The molecule has 0 spiro atoms. The first-order valence-corrected chi connectivity index (χ1v) is 5.45. The third-order valence-electron chi connectivity index (χ3n) is 2.11. The van der Waals surface area contributed by atoms with Crippen molar-refractivity contribution in [2.45, 2.75) is 32.1 Å². The molecule has 0 aromatic rings. The van der Waals surface area contributed by atoms with Gasteiger partial charge in [-0.05, 0) is 38.5 Å². The molecule has 1 rings (SSSR count). The third kappa shape index (κ3) is 6.47. The van der Waals surface area contributed by atoms with Gasteiger partial charge in [-0.3, -0.25) is 0 Å². The molecule has 1 aliphatic carbocycles. The molecule has 0 aliphatic heterocycles. The molecule has 0 heteroatoms. The quantitative estimate of drug-likeness (QED) is 0.494. The Morgan fingerprint density at radius 3 is 1.93 bits per heavy atom. The van der Waals surface area contributed by atoms with Gasteiger partial charge in [0.15, 0.2) is 0 Å². The van der Waals surface area contributed by atoms with Crippen molar-refractivity contribution in [3.05, 3.63) is 55.0 Å². The Balaban J connectivity index is 2.35. The average Bonchev–Trinajstić information content (AvgIpc) is 2.22. The molecule has 0 aromatic heterocycles. The molecule has 0 nitrogen and oxygen atoms in total. The number of hydrogen-bond donors (Lipinski definition) is 0. The first kappa shape index (κ1) is 11.0. The number of allylic oxidation sites excluding steroid dienone is 8. The van der Waals surface area contributed by atoms with E-state index < -0.39 is 0 Å². The Kier molecular flexibility index (Phi) is 6.74. The van der Waals surface area contributed by atoms with Crippen molar-refractivity contribution in [1.82, 2.24) is 0 Å². The van der Waals surface area contributed by atoms with Gasteiger partial charge in [-0.2, -0.15) is 0 Å². The van der Waals surface area contributed by atoms with E-state index in [1.54, 1.807) is 0 Å². The maximum absolute atomic E-state index is 2.34. The van der Waals surface area contributed by atoms with Gasteiger partial charge in [0.25, 0.3) is 0 Å². The Bertz CT molecular complexity index is 228. The average molecular weight is 187 g/mol. The van der Waals surface area contributed by atoms with E-state index in [0.29, 0.717) is 0 Å². The monoisotopic (exact) mass is 187 g/mol. The molecule has 0 bridgehead atoms. The highest BCUT2D eigenvalue weighted by Gasteiger charge is 1.84. The molecule has 14 heavy (non-hydrogen) atoms. The van der Waals surface area contributed by atoms with E-state index in [2.05, 4.69) is 55.0 Å². The van der Waals surface area contributed by atoms with Crippen molar-refractivity contribution in [3.8, 4) is 0 Å². The maximum atomic E-state index is 2.34. The van der Waals surface area contributed by atoms with Crippen molar-refractivity contribution in [2.24, 2.45) is 0 Å². The van der Waals surface area contributed by atoms with E-state index in [9.17, 15) is 0 Å². The molecule has 0 heterocycles. The van der Waals surface area contributed by atoms with Crippen LogP contribution in [0.25, 0.3) is 0 Å². The van der Waals surface area contributed by atoms with E-state index in [1.165, 1.54) is 6.42 Å². The first-order chi connectivity index (χ1) is 7.00. The molecular formula is C14H19. The third-order valence-corrected chi connectivity index (χ3v) is 2.11. The van der Waals surface area contributed by atoms with Crippen LogP contribution in [-0.2, 0) is 0 Å². The summed E-state index contributed by atoms with van der Waals surface area (Å²) >= 11 is 0. The molecule has 0 fully saturated rings. The van der Waals surface area contributed by atoms with Gasteiger partial charge in [-0.25, -0.2) is 0 Å². The smallest absolute Gasteiger partial charge is 0.0313 e. The van der Waals surface area contributed by atoms with E-state index in [4.69, 9.17) is 0 Å². The second-order valence-electron chi connectivity index (χ2n) is 3.39. The van der Waals surface area contributed by atoms with Gasteiger partial charge in [0, 0.05) is 0 Å². The van der Waals surface area contributed by atoms with Crippen molar-refractivity contribution in [1.29, 1.82) is 0 Å². The fraction of sp³-hybridized carbons (Fsp3) is 0.357. The van der Waals surface area contributed by atoms with E-state index in [0.717, 1.165) is 25.7 Å². The van der Waals surface area contributed by atoms with Gasteiger partial charge in [0.2, 0.25) is 0 Å². The lowest BCUT2D eigenvalue weighted by Gasteiger charge is -1.93. The highest BCUT2D eigenvalue weighted by Crippen LogP contribution is 2.02. The Hall–Kier alpha value is -1.04. The van der Waals surface area contributed by atoms with E-state index in [1.807, 2.05) is 0 Å². The standard InChI is InChI=1S/C14H19/c1-2-4-6-8-10-12-14-13-11-9-7-5-3-1/h1-6,11-13H,7-10,14H2/b2-1+,5-3-,6-4+,13-11-. The van der Waals surface area contributed by atoms with Crippen LogP contribution in [0.5, 0.6) is 0 Å². The highest BCUT2D eigenvalue weighted by atomic mass is 13.9.